The highest BCUT2D eigenvalue weighted by molar-refractivity contribution is 7.89. The van der Waals surface area contributed by atoms with Gasteiger partial charge in [-0.3, -0.25) is 4.79 Å². The van der Waals surface area contributed by atoms with Gasteiger partial charge in [-0.15, -0.1) is 0 Å². The molecule has 9 nitrogen and oxygen atoms in total. The summed E-state index contributed by atoms with van der Waals surface area (Å²) in [6.45, 7) is 9.48. The quantitative estimate of drug-likeness (QED) is 0.526. The average Bonchev–Trinajstić information content (AvgIpc) is 3.10. The van der Waals surface area contributed by atoms with E-state index in [4.69, 9.17) is 0 Å². The Morgan fingerprint density at radius 1 is 1.16 bits per heavy atom. The van der Waals surface area contributed by atoms with E-state index in [9.17, 15) is 13.2 Å². The molecule has 32 heavy (non-hydrogen) atoms. The fraction of sp³-hybridized carbons (Fsp3) is 0.636. The Kier molecular flexibility index (Phi) is 8.26. The van der Waals surface area contributed by atoms with E-state index in [-0.39, 0.29) is 10.8 Å². The van der Waals surface area contributed by atoms with Crippen LogP contribution in [0, 0.1) is 0 Å². The maximum atomic E-state index is 12.4. The second kappa shape index (κ2) is 10.7. The fourth-order valence-corrected chi connectivity index (χ4v) is 4.92. The van der Waals surface area contributed by atoms with E-state index in [0.29, 0.717) is 24.9 Å². The highest BCUT2D eigenvalue weighted by Gasteiger charge is 2.19. The SMILES string of the molecule is CCN1CCN(CCCNC(=O)CCc2nc3cc(S(=O)(=O)N(C)C)ccc3n2C)CC1. The molecule has 0 atom stereocenters. The monoisotopic (exact) mass is 464 g/mol. The lowest BCUT2D eigenvalue weighted by molar-refractivity contribution is -0.121. The van der Waals surface area contributed by atoms with Gasteiger partial charge < -0.3 is 19.7 Å². The zero-order valence-electron chi connectivity index (χ0n) is 19.7. The predicted molar refractivity (Wildman–Crippen MR) is 126 cm³/mol. The Labute approximate surface area is 191 Å². The van der Waals surface area contributed by atoms with Gasteiger partial charge in [0.05, 0.1) is 15.9 Å². The Morgan fingerprint density at radius 2 is 1.84 bits per heavy atom. The van der Waals surface area contributed by atoms with Gasteiger partial charge in [0.25, 0.3) is 0 Å². The standard InChI is InChI=1S/C22H36N6O3S/c1-5-27-13-15-28(16-14-27)12-6-11-23-22(29)10-9-21-24-19-17-18(32(30,31)25(2)3)7-8-20(19)26(21)4/h7-8,17H,5-6,9-16H2,1-4H3,(H,23,29). The van der Waals surface area contributed by atoms with Crippen LogP contribution in [0.2, 0.25) is 0 Å². The molecule has 0 saturated carbocycles. The summed E-state index contributed by atoms with van der Waals surface area (Å²) in [6, 6.07) is 4.95. The number of benzene rings is 1. The third-order valence-corrected chi connectivity index (χ3v) is 8.00. The molecule has 0 bridgehead atoms. The highest BCUT2D eigenvalue weighted by Crippen LogP contribution is 2.21. The first-order valence-electron chi connectivity index (χ1n) is 11.3. The van der Waals surface area contributed by atoms with Crippen LogP contribution in [-0.2, 0) is 28.3 Å². The van der Waals surface area contributed by atoms with Crippen LogP contribution in [0.5, 0.6) is 0 Å². The summed E-state index contributed by atoms with van der Waals surface area (Å²) in [5, 5.41) is 3.01. The number of carbonyl (C=O) groups excluding carboxylic acids is 1. The normalized spacial score (nSPS) is 16.2. The lowest BCUT2D eigenvalue weighted by Crippen LogP contribution is -2.46. The van der Waals surface area contributed by atoms with Crippen LogP contribution in [0.15, 0.2) is 23.1 Å². The minimum Gasteiger partial charge on any atom is -0.356 e. The molecule has 1 fully saturated rings. The average molecular weight is 465 g/mol. The Morgan fingerprint density at radius 3 is 2.50 bits per heavy atom. The fourth-order valence-electron chi connectivity index (χ4n) is 4.00. The first kappa shape index (κ1) is 24.6. The molecule has 1 amide bonds. The molecule has 3 rings (SSSR count). The van der Waals surface area contributed by atoms with Crippen molar-refractivity contribution in [3.05, 3.63) is 24.0 Å². The van der Waals surface area contributed by atoms with Gasteiger partial charge >= 0.3 is 0 Å². The molecule has 1 aromatic heterocycles. The largest absolute Gasteiger partial charge is 0.356 e. The van der Waals surface area contributed by atoms with Crippen LogP contribution in [0.3, 0.4) is 0 Å². The molecule has 1 aromatic carbocycles. The third kappa shape index (κ3) is 5.86. The molecule has 178 valence electrons. The van der Waals surface area contributed by atoms with Crippen LogP contribution in [0.25, 0.3) is 11.0 Å². The van der Waals surface area contributed by atoms with E-state index in [0.717, 1.165) is 57.0 Å². The molecule has 1 aliphatic rings. The number of piperazine rings is 1. The number of aromatic nitrogens is 2. The summed E-state index contributed by atoms with van der Waals surface area (Å²) in [5.74, 6) is 0.784. The molecular formula is C22H36N6O3S. The summed E-state index contributed by atoms with van der Waals surface area (Å²) in [6.07, 6.45) is 1.81. The van der Waals surface area contributed by atoms with E-state index in [1.165, 1.54) is 18.4 Å². The first-order chi connectivity index (χ1) is 15.2. The van der Waals surface area contributed by atoms with Gasteiger partial charge in [-0.2, -0.15) is 0 Å². The summed E-state index contributed by atoms with van der Waals surface area (Å²) < 4.78 is 27.8. The number of nitrogens with one attached hydrogen (secondary N) is 1. The summed E-state index contributed by atoms with van der Waals surface area (Å²) >= 11 is 0. The smallest absolute Gasteiger partial charge is 0.242 e. The number of imidazole rings is 1. The number of aryl methyl sites for hydroxylation is 2. The molecule has 0 spiro atoms. The number of amides is 1. The van der Waals surface area contributed by atoms with Gasteiger partial charge in [0.2, 0.25) is 15.9 Å². The third-order valence-electron chi connectivity index (χ3n) is 6.18. The second-order valence-electron chi connectivity index (χ2n) is 8.50. The number of nitrogens with zero attached hydrogens (tertiary/aromatic N) is 5. The molecule has 2 aromatic rings. The summed E-state index contributed by atoms with van der Waals surface area (Å²) in [5.41, 5.74) is 1.47. The van der Waals surface area contributed by atoms with E-state index < -0.39 is 10.0 Å². The number of fused-ring (bicyclic) bond motifs is 1. The zero-order chi connectivity index (χ0) is 23.3. The van der Waals surface area contributed by atoms with Crippen molar-refractivity contribution in [2.24, 2.45) is 7.05 Å². The van der Waals surface area contributed by atoms with Crippen molar-refractivity contribution >= 4 is 27.0 Å². The van der Waals surface area contributed by atoms with Gasteiger partial charge in [0.1, 0.15) is 5.82 Å². The molecule has 0 unspecified atom stereocenters. The van der Waals surface area contributed by atoms with Crippen molar-refractivity contribution in [2.75, 3.05) is 59.9 Å². The van der Waals surface area contributed by atoms with Gasteiger partial charge in [0.15, 0.2) is 0 Å². The molecule has 1 saturated heterocycles. The van der Waals surface area contributed by atoms with Crippen LogP contribution >= 0.6 is 0 Å². The number of carbonyl (C=O) groups is 1. The number of hydrogen-bond donors (Lipinski definition) is 1. The molecular weight excluding hydrogens is 428 g/mol. The highest BCUT2D eigenvalue weighted by atomic mass is 32.2. The number of hydrogen-bond acceptors (Lipinski definition) is 6. The summed E-state index contributed by atoms with van der Waals surface area (Å²) in [7, 11) is 1.40. The molecule has 10 heteroatoms. The number of likely N-dealkylation sites (N-methyl/N-ethyl adjacent to an activating group) is 1. The van der Waals surface area contributed by atoms with Gasteiger partial charge in [-0.25, -0.2) is 17.7 Å². The topological polar surface area (TPSA) is 90.8 Å². The summed E-state index contributed by atoms with van der Waals surface area (Å²) in [4.78, 5) is 22.0. The van der Waals surface area contributed by atoms with Crippen molar-refractivity contribution in [1.82, 2.24) is 29.0 Å². The van der Waals surface area contributed by atoms with E-state index in [1.807, 2.05) is 11.6 Å². The minimum atomic E-state index is -3.51. The van der Waals surface area contributed by atoms with Crippen molar-refractivity contribution in [3.8, 4) is 0 Å². The van der Waals surface area contributed by atoms with Gasteiger partial charge in [-0.05, 0) is 37.7 Å². The van der Waals surface area contributed by atoms with Crippen molar-refractivity contribution in [2.45, 2.75) is 31.1 Å². The predicted octanol–water partition coefficient (Wildman–Crippen LogP) is 0.900. The molecule has 2 heterocycles. The van der Waals surface area contributed by atoms with Crippen molar-refractivity contribution in [3.63, 3.8) is 0 Å². The maximum absolute atomic E-state index is 12.4. The van der Waals surface area contributed by atoms with Crippen LogP contribution in [0.4, 0.5) is 0 Å². The molecule has 1 N–H and O–H groups in total. The Hall–Kier alpha value is -2.01. The zero-order valence-corrected chi connectivity index (χ0v) is 20.5. The van der Waals surface area contributed by atoms with Crippen molar-refractivity contribution < 1.29 is 13.2 Å². The number of rotatable bonds is 10. The first-order valence-corrected chi connectivity index (χ1v) is 12.8. The Balaban J connectivity index is 1.47. The lowest BCUT2D eigenvalue weighted by atomic mass is 10.2. The molecule has 1 aliphatic heterocycles. The molecule has 0 aliphatic carbocycles. The van der Waals surface area contributed by atoms with Crippen LogP contribution in [0.1, 0.15) is 25.6 Å². The number of sulfonamides is 1. The van der Waals surface area contributed by atoms with Crippen LogP contribution in [-0.4, -0.2) is 97.9 Å². The van der Waals surface area contributed by atoms with Gasteiger partial charge in [0, 0.05) is 66.7 Å². The lowest BCUT2D eigenvalue weighted by Gasteiger charge is -2.33. The maximum Gasteiger partial charge on any atom is 0.242 e. The van der Waals surface area contributed by atoms with Gasteiger partial charge in [-0.1, -0.05) is 6.92 Å². The second-order valence-corrected chi connectivity index (χ2v) is 10.7. The van der Waals surface area contributed by atoms with E-state index >= 15 is 0 Å². The molecule has 0 radical (unpaired) electrons. The Bertz CT molecular complexity index is 1030. The minimum absolute atomic E-state index is 0.0173. The van der Waals surface area contributed by atoms with Crippen molar-refractivity contribution in [1.29, 1.82) is 0 Å². The van der Waals surface area contributed by atoms with Crippen LogP contribution < -0.4 is 5.32 Å². The van der Waals surface area contributed by atoms with E-state index in [1.54, 1.807) is 18.2 Å². The van der Waals surface area contributed by atoms with E-state index in [2.05, 4.69) is 27.0 Å².